The summed E-state index contributed by atoms with van der Waals surface area (Å²) >= 11 is 0. The van der Waals surface area contributed by atoms with E-state index in [1.54, 1.807) is 0 Å². The van der Waals surface area contributed by atoms with Gasteiger partial charge in [-0.3, -0.25) is 0 Å². The van der Waals surface area contributed by atoms with Gasteiger partial charge in [-0.05, 0) is 12.5 Å². The van der Waals surface area contributed by atoms with E-state index < -0.39 is 0 Å². The van der Waals surface area contributed by atoms with Crippen molar-refractivity contribution < 1.29 is 0 Å². The van der Waals surface area contributed by atoms with Gasteiger partial charge in [0, 0.05) is 18.8 Å². The molecule has 1 aromatic heterocycles. The van der Waals surface area contributed by atoms with Crippen molar-refractivity contribution in [3.8, 4) is 0 Å². The van der Waals surface area contributed by atoms with Gasteiger partial charge in [0.15, 0.2) is 0 Å². The van der Waals surface area contributed by atoms with Crippen molar-refractivity contribution in [2.45, 2.75) is 129 Å². The van der Waals surface area contributed by atoms with Crippen LogP contribution in [-0.4, -0.2) is 9.97 Å². The van der Waals surface area contributed by atoms with Crippen molar-refractivity contribution in [1.82, 2.24) is 9.97 Å². The molecule has 0 N–H and O–H groups in total. The van der Waals surface area contributed by atoms with Crippen molar-refractivity contribution in [3.63, 3.8) is 0 Å². The van der Waals surface area contributed by atoms with Crippen LogP contribution in [0.1, 0.15) is 128 Å². The lowest BCUT2D eigenvalue weighted by Crippen LogP contribution is -1.93. The molecule has 0 aromatic carbocycles. The number of hydrogen-bond donors (Lipinski definition) is 0. The van der Waals surface area contributed by atoms with Gasteiger partial charge in [0.1, 0.15) is 5.82 Å². The second kappa shape index (κ2) is 18.9. The van der Waals surface area contributed by atoms with E-state index >= 15 is 0 Å². The third kappa shape index (κ3) is 15.3. The van der Waals surface area contributed by atoms with Crippen LogP contribution in [-0.2, 0) is 6.42 Å². The Morgan fingerprint density at radius 1 is 0.500 bits per heavy atom. The van der Waals surface area contributed by atoms with Gasteiger partial charge >= 0.3 is 0 Å². The van der Waals surface area contributed by atoms with Gasteiger partial charge in [-0.15, -0.1) is 0 Å². The van der Waals surface area contributed by atoms with Crippen molar-refractivity contribution >= 4 is 0 Å². The van der Waals surface area contributed by atoms with Gasteiger partial charge < -0.3 is 0 Å². The van der Waals surface area contributed by atoms with Gasteiger partial charge in [0.25, 0.3) is 0 Å². The van der Waals surface area contributed by atoms with Crippen molar-refractivity contribution in [2.24, 2.45) is 0 Å². The summed E-state index contributed by atoms with van der Waals surface area (Å²) in [6.45, 7) is 2.29. The number of unbranched alkanes of at least 4 members (excludes halogenated alkanes) is 17. The van der Waals surface area contributed by atoms with Crippen LogP contribution < -0.4 is 0 Å². The number of hydrogen-bond acceptors (Lipinski definition) is 2. The van der Waals surface area contributed by atoms with E-state index in [1.165, 1.54) is 116 Å². The fraction of sp³-hybridized carbons (Fsp3) is 0.833. The van der Waals surface area contributed by atoms with Crippen LogP contribution in [0.2, 0.25) is 0 Å². The van der Waals surface area contributed by atoms with E-state index in [2.05, 4.69) is 16.9 Å². The molecule has 26 heavy (non-hydrogen) atoms. The van der Waals surface area contributed by atoms with Crippen LogP contribution in [0, 0.1) is 0 Å². The Kier molecular flexibility index (Phi) is 16.8. The van der Waals surface area contributed by atoms with E-state index in [9.17, 15) is 0 Å². The summed E-state index contributed by atoms with van der Waals surface area (Å²) in [6, 6.07) is 1.89. The maximum absolute atomic E-state index is 4.28. The summed E-state index contributed by atoms with van der Waals surface area (Å²) in [5.41, 5.74) is 0. The minimum absolute atomic E-state index is 1.00. The zero-order valence-corrected chi connectivity index (χ0v) is 17.6. The summed E-state index contributed by atoms with van der Waals surface area (Å²) in [4.78, 5) is 8.56. The SMILES string of the molecule is CCCCCCCCCCCCCCCCCCCCc1ncccn1. The van der Waals surface area contributed by atoms with Crippen molar-refractivity contribution in [1.29, 1.82) is 0 Å². The molecule has 0 saturated heterocycles. The lowest BCUT2D eigenvalue weighted by molar-refractivity contribution is 0.524. The molecule has 0 aliphatic heterocycles. The number of nitrogens with zero attached hydrogens (tertiary/aromatic N) is 2. The predicted octanol–water partition coefficient (Wildman–Crippen LogP) is 8.06. The van der Waals surface area contributed by atoms with E-state index in [0.29, 0.717) is 0 Å². The topological polar surface area (TPSA) is 25.8 Å². The Hall–Kier alpha value is -0.920. The Balaban J connectivity index is 1.68. The quantitative estimate of drug-likeness (QED) is 0.233. The maximum Gasteiger partial charge on any atom is 0.128 e. The average molecular weight is 361 g/mol. The van der Waals surface area contributed by atoms with Crippen LogP contribution in [0.3, 0.4) is 0 Å². The van der Waals surface area contributed by atoms with E-state index in [1.807, 2.05) is 18.5 Å². The standard InChI is InChI=1S/C24H44N2/c1-2-3-4-5-6-7-8-9-10-11-12-13-14-15-16-17-18-19-21-24-25-22-20-23-26-24/h20,22-23H,2-19,21H2,1H3. The van der Waals surface area contributed by atoms with Crippen LogP contribution >= 0.6 is 0 Å². The number of aromatic nitrogens is 2. The summed E-state index contributed by atoms with van der Waals surface area (Å²) in [6.07, 6.45) is 30.4. The molecule has 0 fully saturated rings. The second-order valence-electron chi connectivity index (χ2n) is 7.93. The molecule has 1 heterocycles. The monoisotopic (exact) mass is 360 g/mol. The molecule has 150 valence electrons. The highest BCUT2D eigenvalue weighted by Gasteiger charge is 1.97. The van der Waals surface area contributed by atoms with Gasteiger partial charge in [-0.2, -0.15) is 0 Å². The van der Waals surface area contributed by atoms with Gasteiger partial charge in [0.05, 0.1) is 0 Å². The summed E-state index contributed by atoms with van der Waals surface area (Å²) in [5.74, 6) is 1.00. The van der Waals surface area contributed by atoms with Crippen LogP contribution in [0.5, 0.6) is 0 Å². The van der Waals surface area contributed by atoms with Gasteiger partial charge in [-0.1, -0.05) is 116 Å². The summed E-state index contributed by atoms with van der Waals surface area (Å²) in [5, 5.41) is 0. The molecule has 1 aromatic rings. The second-order valence-corrected chi connectivity index (χ2v) is 7.93. The first-order valence-corrected chi connectivity index (χ1v) is 11.7. The zero-order valence-electron chi connectivity index (χ0n) is 17.6. The average Bonchev–Trinajstić information content (AvgIpc) is 2.68. The minimum atomic E-state index is 1.00. The molecule has 0 atom stereocenters. The minimum Gasteiger partial charge on any atom is -0.241 e. The fourth-order valence-corrected chi connectivity index (χ4v) is 3.64. The Labute approximate surface area is 163 Å². The summed E-state index contributed by atoms with van der Waals surface area (Å²) < 4.78 is 0. The van der Waals surface area contributed by atoms with E-state index in [0.717, 1.165) is 12.2 Å². The van der Waals surface area contributed by atoms with Gasteiger partial charge in [-0.25, -0.2) is 9.97 Å². The molecule has 0 radical (unpaired) electrons. The lowest BCUT2D eigenvalue weighted by Gasteiger charge is -2.04. The molecule has 1 rings (SSSR count). The third-order valence-corrected chi connectivity index (χ3v) is 5.37. The number of rotatable bonds is 19. The highest BCUT2D eigenvalue weighted by Crippen LogP contribution is 2.14. The number of aryl methyl sites for hydroxylation is 1. The molecule has 0 aliphatic rings. The maximum atomic E-state index is 4.28. The Morgan fingerprint density at radius 2 is 0.846 bits per heavy atom. The van der Waals surface area contributed by atoms with E-state index in [-0.39, 0.29) is 0 Å². The lowest BCUT2D eigenvalue weighted by atomic mass is 10.0. The Bertz CT molecular complexity index is 377. The smallest absolute Gasteiger partial charge is 0.128 e. The molecule has 0 saturated carbocycles. The molecular weight excluding hydrogens is 316 g/mol. The fourth-order valence-electron chi connectivity index (χ4n) is 3.64. The predicted molar refractivity (Wildman–Crippen MR) is 115 cm³/mol. The molecular formula is C24H44N2. The third-order valence-electron chi connectivity index (χ3n) is 5.37. The zero-order chi connectivity index (χ0) is 18.5. The molecule has 0 amide bonds. The largest absolute Gasteiger partial charge is 0.241 e. The first kappa shape index (κ1) is 23.1. The normalized spacial score (nSPS) is 11.1. The molecule has 0 bridgehead atoms. The Morgan fingerprint density at radius 3 is 1.23 bits per heavy atom. The molecule has 0 unspecified atom stereocenters. The molecule has 2 heteroatoms. The van der Waals surface area contributed by atoms with Crippen LogP contribution in [0.25, 0.3) is 0 Å². The molecule has 0 spiro atoms. The highest BCUT2D eigenvalue weighted by molar-refractivity contribution is 4.88. The first-order chi connectivity index (χ1) is 12.9. The summed E-state index contributed by atoms with van der Waals surface area (Å²) in [7, 11) is 0. The van der Waals surface area contributed by atoms with Crippen LogP contribution in [0.4, 0.5) is 0 Å². The van der Waals surface area contributed by atoms with Crippen molar-refractivity contribution in [3.05, 3.63) is 24.3 Å². The van der Waals surface area contributed by atoms with Crippen molar-refractivity contribution in [2.75, 3.05) is 0 Å². The van der Waals surface area contributed by atoms with E-state index in [4.69, 9.17) is 0 Å². The first-order valence-electron chi connectivity index (χ1n) is 11.7. The molecule has 0 aliphatic carbocycles. The van der Waals surface area contributed by atoms with Crippen LogP contribution in [0.15, 0.2) is 18.5 Å². The van der Waals surface area contributed by atoms with Gasteiger partial charge in [0.2, 0.25) is 0 Å². The highest BCUT2D eigenvalue weighted by atomic mass is 14.8. The molecule has 2 nitrogen and oxygen atoms in total.